The molecule has 0 aliphatic carbocycles. The van der Waals surface area contributed by atoms with Gasteiger partial charge in [0.25, 0.3) is 0 Å². The zero-order valence-corrected chi connectivity index (χ0v) is 14.5. The summed E-state index contributed by atoms with van der Waals surface area (Å²) in [5, 5.41) is 5.04. The summed E-state index contributed by atoms with van der Waals surface area (Å²) in [6.07, 6.45) is 1.71. The summed E-state index contributed by atoms with van der Waals surface area (Å²) in [5.74, 6) is 0.440. The molecule has 1 aromatic carbocycles. The Morgan fingerprint density at radius 2 is 1.77 bits per heavy atom. The van der Waals surface area contributed by atoms with E-state index in [1.54, 1.807) is 6.07 Å². The van der Waals surface area contributed by atoms with Crippen LogP contribution >= 0.6 is 0 Å². The first-order chi connectivity index (χ1) is 12.7. The second-order valence-electron chi connectivity index (χ2n) is 6.08. The Bertz CT molecular complexity index is 902. The van der Waals surface area contributed by atoms with Crippen molar-refractivity contribution in [3.8, 4) is 12.0 Å². The fourth-order valence-electron chi connectivity index (χ4n) is 3.23. The number of aromatic nitrogens is 4. The summed E-state index contributed by atoms with van der Waals surface area (Å²) >= 11 is 0. The lowest BCUT2D eigenvalue weighted by Crippen LogP contribution is -2.34. The number of fused-ring (bicyclic) bond motifs is 1. The molecule has 9 heteroatoms. The van der Waals surface area contributed by atoms with Gasteiger partial charge in [-0.25, -0.2) is 4.39 Å². The molecule has 0 bridgehead atoms. The van der Waals surface area contributed by atoms with Crippen molar-refractivity contribution < 1.29 is 18.4 Å². The second kappa shape index (κ2) is 6.74. The topological polar surface area (TPSA) is 86.4 Å². The Labute approximate surface area is 148 Å². The lowest BCUT2D eigenvalue weighted by Gasteiger charge is -2.31. The van der Waals surface area contributed by atoms with Gasteiger partial charge in [0, 0.05) is 30.5 Å². The minimum absolute atomic E-state index is 0.221. The summed E-state index contributed by atoms with van der Waals surface area (Å²) in [6, 6.07) is 4.97. The van der Waals surface area contributed by atoms with E-state index in [0.717, 1.165) is 37.0 Å². The van der Waals surface area contributed by atoms with Gasteiger partial charge in [-0.2, -0.15) is 9.97 Å². The highest BCUT2D eigenvalue weighted by molar-refractivity contribution is 5.79. The molecule has 26 heavy (non-hydrogen) atoms. The molecule has 0 N–H and O–H groups in total. The van der Waals surface area contributed by atoms with Crippen molar-refractivity contribution in [2.75, 3.05) is 32.2 Å². The highest BCUT2D eigenvalue weighted by atomic mass is 19.1. The number of nitrogens with zero attached hydrogens (tertiary/aromatic N) is 5. The molecular weight excluding hydrogens is 341 g/mol. The Hall–Kier alpha value is -2.97. The normalized spacial score (nSPS) is 15.4. The molecule has 3 heterocycles. The summed E-state index contributed by atoms with van der Waals surface area (Å²) in [7, 11) is 3.01. The van der Waals surface area contributed by atoms with E-state index in [2.05, 4.69) is 25.0 Å². The van der Waals surface area contributed by atoms with Crippen molar-refractivity contribution in [1.82, 2.24) is 20.1 Å². The number of benzene rings is 1. The van der Waals surface area contributed by atoms with E-state index >= 15 is 0 Å². The van der Waals surface area contributed by atoms with E-state index < -0.39 is 0 Å². The molecular formula is C17H18FN5O3. The van der Waals surface area contributed by atoms with Gasteiger partial charge < -0.3 is 18.9 Å². The van der Waals surface area contributed by atoms with E-state index in [1.165, 1.54) is 26.4 Å². The molecule has 0 unspecified atom stereocenters. The van der Waals surface area contributed by atoms with Gasteiger partial charge >= 0.3 is 12.0 Å². The van der Waals surface area contributed by atoms with Crippen molar-refractivity contribution in [1.29, 1.82) is 0 Å². The molecule has 0 atom stereocenters. The van der Waals surface area contributed by atoms with Crippen LogP contribution in [0.4, 0.5) is 10.3 Å². The molecule has 1 aliphatic rings. The predicted molar refractivity (Wildman–Crippen MR) is 91.1 cm³/mol. The van der Waals surface area contributed by atoms with Gasteiger partial charge in [-0.15, -0.1) is 4.98 Å². The predicted octanol–water partition coefficient (Wildman–Crippen LogP) is 2.55. The maximum Gasteiger partial charge on any atom is 0.324 e. The monoisotopic (exact) mass is 359 g/mol. The van der Waals surface area contributed by atoms with E-state index in [1.807, 2.05) is 0 Å². The maximum atomic E-state index is 13.3. The van der Waals surface area contributed by atoms with Crippen molar-refractivity contribution in [3.05, 3.63) is 29.7 Å². The first-order valence-electron chi connectivity index (χ1n) is 8.31. The molecule has 4 rings (SSSR count). The minimum atomic E-state index is -0.326. The molecule has 8 nitrogen and oxygen atoms in total. The number of hydrogen-bond acceptors (Lipinski definition) is 8. The van der Waals surface area contributed by atoms with Gasteiger partial charge in [-0.3, -0.25) is 0 Å². The Balaban J connectivity index is 1.52. The minimum Gasteiger partial charge on any atom is -0.467 e. The summed E-state index contributed by atoms with van der Waals surface area (Å²) in [4.78, 5) is 14.7. The molecule has 2 aromatic heterocycles. The number of piperidine rings is 1. The number of anilines is 1. The van der Waals surface area contributed by atoms with Gasteiger partial charge in [0.15, 0.2) is 5.58 Å². The molecule has 0 saturated carbocycles. The van der Waals surface area contributed by atoms with Crippen LogP contribution in [0.1, 0.15) is 24.5 Å². The third-order valence-electron chi connectivity index (χ3n) is 4.57. The van der Waals surface area contributed by atoms with Crippen molar-refractivity contribution in [2.45, 2.75) is 18.8 Å². The molecule has 1 saturated heterocycles. The van der Waals surface area contributed by atoms with Crippen LogP contribution in [0.5, 0.6) is 12.0 Å². The van der Waals surface area contributed by atoms with Crippen LogP contribution in [0.2, 0.25) is 0 Å². The van der Waals surface area contributed by atoms with E-state index in [0.29, 0.717) is 11.5 Å². The van der Waals surface area contributed by atoms with Gasteiger partial charge in [0.1, 0.15) is 5.82 Å². The van der Waals surface area contributed by atoms with E-state index in [4.69, 9.17) is 14.0 Å². The number of methoxy groups -OCH3 is 2. The van der Waals surface area contributed by atoms with Crippen LogP contribution in [0, 0.1) is 5.82 Å². The van der Waals surface area contributed by atoms with Crippen LogP contribution in [-0.4, -0.2) is 47.4 Å². The van der Waals surface area contributed by atoms with E-state index in [9.17, 15) is 4.39 Å². The van der Waals surface area contributed by atoms with Crippen molar-refractivity contribution in [3.63, 3.8) is 0 Å². The number of halogens is 1. The average molecular weight is 359 g/mol. The number of rotatable bonds is 4. The van der Waals surface area contributed by atoms with Crippen molar-refractivity contribution >= 4 is 16.9 Å². The first-order valence-corrected chi connectivity index (χ1v) is 8.31. The Morgan fingerprint density at radius 1 is 1.08 bits per heavy atom. The molecule has 1 fully saturated rings. The smallest absolute Gasteiger partial charge is 0.324 e. The maximum absolute atomic E-state index is 13.3. The Kier molecular flexibility index (Phi) is 4.27. The lowest BCUT2D eigenvalue weighted by molar-refractivity contribution is 0.338. The van der Waals surface area contributed by atoms with E-state index in [-0.39, 0.29) is 23.8 Å². The fraction of sp³-hybridized carbons (Fsp3) is 0.412. The highest BCUT2D eigenvalue weighted by Crippen LogP contribution is 2.33. The average Bonchev–Trinajstić information content (AvgIpc) is 3.10. The summed E-state index contributed by atoms with van der Waals surface area (Å²) in [6.45, 7) is 1.49. The molecule has 3 aromatic rings. The summed E-state index contributed by atoms with van der Waals surface area (Å²) in [5.41, 5.74) is 1.36. The third kappa shape index (κ3) is 3.00. The molecule has 0 amide bonds. The number of hydrogen-bond donors (Lipinski definition) is 0. The quantitative estimate of drug-likeness (QED) is 0.702. The fourth-order valence-corrected chi connectivity index (χ4v) is 3.23. The SMILES string of the molecule is COc1nc(OC)nc(N2CCC(c3noc4cc(F)ccc34)CC2)n1. The molecule has 0 spiro atoms. The van der Waals surface area contributed by atoms with Crippen LogP contribution < -0.4 is 14.4 Å². The number of ether oxygens (including phenoxy) is 2. The first kappa shape index (κ1) is 16.5. The largest absolute Gasteiger partial charge is 0.467 e. The van der Waals surface area contributed by atoms with Crippen molar-refractivity contribution in [2.24, 2.45) is 0 Å². The highest BCUT2D eigenvalue weighted by Gasteiger charge is 2.27. The van der Waals surface area contributed by atoms with Gasteiger partial charge in [-0.1, -0.05) is 5.16 Å². The van der Waals surface area contributed by atoms with Gasteiger partial charge in [0.2, 0.25) is 5.95 Å². The standard InChI is InChI=1S/C17H18FN5O3/c1-24-16-19-15(20-17(21-16)25-2)23-7-5-10(6-8-23)14-12-4-3-11(18)9-13(12)26-22-14/h3-4,9-10H,5-8H2,1-2H3. The Morgan fingerprint density at radius 3 is 2.42 bits per heavy atom. The van der Waals surface area contributed by atoms with Crippen LogP contribution in [0.15, 0.2) is 22.7 Å². The third-order valence-corrected chi connectivity index (χ3v) is 4.57. The molecule has 136 valence electrons. The zero-order valence-electron chi connectivity index (χ0n) is 14.5. The molecule has 1 aliphatic heterocycles. The molecule has 0 radical (unpaired) electrons. The van der Waals surface area contributed by atoms with Crippen LogP contribution in [-0.2, 0) is 0 Å². The summed E-state index contributed by atoms with van der Waals surface area (Å²) < 4.78 is 28.8. The van der Waals surface area contributed by atoms with Gasteiger partial charge in [-0.05, 0) is 25.0 Å². The lowest BCUT2D eigenvalue weighted by atomic mass is 9.92. The van der Waals surface area contributed by atoms with Crippen LogP contribution in [0.3, 0.4) is 0 Å². The second-order valence-corrected chi connectivity index (χ2v) is 6.08. The van der Waals surface area contributed by atoms with Gasteiger partial charge in [0.05, 0.1) is 19.9 Å². The van der Waals surface area contributed by atoms with Crippen LogP contribution in [0.25, 0.3) is 11.0 Å². The zero-order chi connectivity index (χ0) is 18.1.